The van der Waals surface area contributed by atoms with Crippen LogP contribution in [0.15, 0.2) is 60.0 Å². The Morgan fingerprint density at radius 2 is 1.71 bits per heavy atom. The Morgan fingerprint density at radius 1 is 1.00 bits per heavy atom. The maximum Gasteiger partial charge on any atom is 0.263 e. The van der Waals surface area contributed by atoms with Crippen LogP contribution in [0.2, 0.25) is 0 Å². The molecule has 4 nitrogen and oxygen atoms in total. The first-order chi connectivity index (χ1) is 10.1. The van der Waals surface area contributed by atoms with Crippen molar-refractivity contribution in [3.63, 3.8) is 0 Å². The number of benzene rings is 2. The highest BCUT2D eigenvalue weighted by molar-refractivity contribution is 5.91. The second-order valence-electron chi connectivity index (χ2n) is 4.71. The van der Waals surface area contributed by atoms with Crippen molar-refractivity contribution in [2.24, 2.45) is 0 Å². The second kappa shape index (κ2) is 4.83. The van der Waals surface area contributed by atoms with Gasteiger partial charge in [-0.25, -0.2) is 0 Å². The third kappa shape index (κ3) is 2.17. The molecule has 3 aromatic rings. The summed E-state index contributed by atoms with van der Waals surface area (Å²) in [6, 6.07) is 11.2. The molecule has 3 rings (SSSR count). The van der Waals surface area contributed by atoms with Crippen molar-refractivity contribution < 1.29 is 10.2 Å². The zero-order valence-electron chi connectivity index (χ0n) is 11.2. The van der Waals surface area contributed by atoms with Crippen LogP contribution in [0.4, 0.5) is 0 Å². The van der Waals surface area contributed by atoms with Gasteiger partial charge < -0.3 is 10.2 Å². The van der Waals surface area contributed by atoms with Crippen LogP contribution in [-0.4, -0.2) is 14.8 Å². The maximum atomic E-state index is 12.7. The van der Waals surface area contributed by atoms with Gasteiger partial charge in [-0.2, -0.15) is 0 Å². The molecule has 0 amide bonds. The van der Waals surface area contributed by atoms with E-state index in [0.717, 1.165) is 0 Å². The Bertz CT molecular complexity index is 892. The monoisotopic (exact) mass is 279 g/mol. The number of hydrogen-bond donors (Lipinski definition) is 2. The van der Waals surface area contributed by atoms with Gasteiger partial charge in [0.2, 0.25) is 0 Å². The highest BCUT2D eigenvalue weighted by Gasteiger charge is 2.09. The van der Waals surface area contributed by atoms with Gasteiger partial charge in [-0.15, -0.1) is 0 Å². The summed E-state index contributed by atoms with van der Waals surface area (Å²) in [5.74, 6) is 0.239. The van der Waals surface area contributed by atoms with E-state index in [9.17, 15) is 15.0 Å². The largest absolute Gasteiger partial charge is 0.508 e. The van der Waals surface area contributed by atoms with Crippen LogP contribution < -0.4 is 5.56 Å². The van der Waals surface area contributed by atoms with E-state index in [-0.39, 0.29) is 17.1 Å². The predicted octanol–water partition coefficient (Wildman–Crippen LogP) is 3.04. The number of hydrogen-bond acceptors (Lipinski definition) is 3. The topological polar surface area (TPSA) is 62.5 Å². The highest BCUT2D eigenvalue weighted by Crippen LogP contribution is 2.23. The summed E-state index contributed by atoms with van der Waals surface area (Å²) < 4.78 is 1.49. The van der Waals surface area contributed by atoms with Gasteiger partial charge in [0.1, 0.15) is 11.5 Å². The number of rotatable bonds is 2. The Labute approximate surface area is 120 Å². The molecule has 2 aromatic carbocycles. The molecule has 0 radical (unpaired) electrons. The van der Waals surface area contributed by atoms with E-state index in [4.69, 9.17) is 0 Å². The molecule has 0 saturated carbocycles. The average molecular weight is 279 g/mol. The molecule has 0 fully saturated rings. The normalized spacial score (nSPS) is 10.7. The van der Waals surface area contributed by atoms with Crippen molar-refractivity contribution >= 4 is 16.8 Å². The Kier molecular flexibility index (Phi) is 2.99. The van der Waals surface area contributed by atoms with Gasteiger partial charge in [-0.3, -0.25) is 9.36 Å². The van der Waals surface area contributed by atoms with Gasteiger partial charge in [-0.1, -0.05) is 12.7 Å². The molecule has 104 valence electrons. The molecule has 0 atom stereocenters. The number of phenols is 2. The summed E-state index contributed by atoms with van der Waals surface area (Å²) in [5, 5.41) is 20.2. The van der Waals surface area contributed by atoms with Gasteiger partial charge in [0.15, 0.2) is 0 Å². The molecule has 4 heteroatoms. The van der Waals surface area contributed by atoms with Gasteiger partial charge in [0.25, 0.3) is 5.56 Å². The minimum Gasteiger partial charge on any atom is -0.508 e. The Hall–Kier alpha value is -3.01. The van der Waals surface area contributed by atoms with Crippen LogP contribution in [0, 0.1) is 0 Å². The molecule has 0 saturated heterocycles. The van der Waals surface area contributed by atoms with Crippen LogP contribution in [0.3, 0.4) is 0 Å². The van der Waals surface area contributed by atoms with E-state index in [0.29, 0.717) is 22.0 Å². The lowest BCUT2D eigenvalue weighted by molar-refractivity contribution is 0.475. The quantitative estimate of drug-likeness (QED) is 0.758. The number of fused-ring (bicyclic) bond motifs is 1. The maximum absolute atomic E-state index is 12.7. The first-order valence-electron chi connectivity index (χ1n) is 6.40. The zero-order valence-corrected chi connectivity index (χ0v) is 11.2. The van der Waals surface area contributed by atoms with Crippen molar-refractivity contribution in [3.8, 4) is 17.2 Å². The summed E-state index contributed by atoms with van der Waals surface area (Å²) in [4.78, 5) is 12.7. The third-order valence-electron chi connectivity index (χ3n) is 3.37. The van der Waals surface area contributed by atoms with Crippen molar-refractivity contribution in [1.29, 1.82) is 0 Å². The summed E-state index contributed by atoms with van der Waals surface area (Å²) in [6.07, 6.45) is 3.19. The van der Waals surface area contributed by atoms with Crippen LogP contribution in [-0.2, 0) is 0 Å². The lowest BCUT2D eigenvalue weighted by Gasteiger charge is -2.09. The van der Waals surface area contributed by atoms with E-state index in [1.165, 1.54) is 22.8 Å². The molecule has 0 spiro atoms. The van der Waals surface area contributed by atoms with E-state index in [1.807, 2.05) is 0 Å². The number of aromatic nitrogens is 1. The second-order valence-corrected chi connectivity index (χ2v) is 4.71. The molecule has 1 heterocycles. The van der Waals surface area contributed by atoms with Crippen LogP contribution in [0.1, 0.15) is 5.56 Å². The van der Waals surface area contributed by atoms with Crippen LogP contribution in [0.25, 0.3) is 22.5 Å². The number of nitrogens with zero attached hydrogens (tertiary/aromatic N) is 1. The SMILES string of the molecule is C=Cc1cc(O)cc2ccn(-c3ccc(O)cc3)c(=O)c12. The molecule has 2 N–H and O–H groups in total. The summed E-state index contributed by atoms with van der Waals surface area (Å²) in [7, 11) is 0. The first kappa shape index (κ1) is 13.0. The third-order valence-corrected chi connectivity index (χ3v) is 3.37. The van der Waals surface area contributed by atoms with Crippen molar-refractivity contribution in [2.45, 2.75) is 0 Å². The number of pyridine rings is 1. The Morgan fingerprint density at radius 3 is 2.38 bits per heavy atom. The first-order valence-corrected chi connectivity index (χ1v) is 6.40. The van der Waals surface area contributed by atoms with Crippen molar-refractivity contribution in [2.75, 3.05) is 0 Å². The molecule has 21 heavy (non-hydrogen) atoms. The molecule has 1 aromatic heterocycles. The van der Waals surface area contributed by atoms with Gasteiger partial charge in [-0.05, 0) is 53.4 Å². The fourth-order valence-electron chi connectivity index (χ4n) is 2.37. The van der Waals surface area contributed by atoms with Crippen molar-refractivity contribution in [1.82, 2.24) is 4.57 Å². The number of aromatic hydroxyl groups is 2. The number of phenolic OH excluding ortho intramolecular Hbond substituents is 2. The fourth-order valence-corrected chi connectivity index (χ4v) is 2.37. The highest BCUT2D eigenvalue weighted by atomic mass is 16.3. The van der Waals surface area contributed by atoms with Crippen LogP contribution >= 0.6 is 0 Å². The van der Waals surface area contributed by atoms with E-state index < -0.39 is 0 Å². The summed E-state index contributed by atoms with van der Waals surface area (Å²) in [5.41, 5.74) is 1.04. The molecular weight excluding hydrogens is 266 g/mol. The van der Waals surface area contributed by atoms with E-state index >= 15 is 0 Å². The molecule has 0 aliphatic rings. The van der Waals surface area contributed by atoms with E-state index in [1.54, 1.807) is 36.5 Å². The van der Waals surface area contributed by atoms with Gasteiger partial charge in [0.05, 0.1) is 5.39 Å². The van der Waals surface area contributed by atoms with Crippen molar-refractivity contribution in [3.05, 3.63) is 71.2 Å². The Balaban J connectivity index is 2.34. The minimum atomic E-state index is -0.201. The zero-order chi connectivity index (χ0) is 15.0. The molecular formula is C17H13NO3. The average Bonchev–Trinajstić information content (AvgIpc) is 2.48. The molecule has 0 aliphatic carbocycles. The fraction of sp³-hybridized carbons (Fsp3) is 0. The molecule has 0 bridgehead atoms. The predicted molar refractivity (Wildman–Crippen MR) is 83.0 cm³/mol. The van der Waals surface area contributed by atoms with E-state index in [2.05, 4.69) is 6.58 Å². The van der Waals surface area contributed by atoms with Gasteiger partial charge in [0, 0.05) is 11.9 Å². The van der Waals surface area contributed by atoms with Gasteiger partial charge >= 0.3 is 0 Å². The lowest BCUT2D eigenvalue weighted by Crippen LogP contribution is -2.18. The lowest BCUT2D eigenvalue weighted by atomic mass is 10.1. The summed E-state index contributed by atoms with van der Waals surface area (Å²) in [6.45, 7) is 3.68. The molecule has 0 unspecified atom stereocenters. The van der Waals surface area contributed by atoms with Crippen LogP contribution in [0.5, 0.6) is 11.5 Å². The summed E-state index contributed by atoms with van der Waals surface area (Å²) >= 11 is 0. The smallest absolute Gasteiger partial charge is 0.263 e. The minimum absolute atomic E-state index is 0.0965. The standard InChI is InChI=1S/C17H13NO3/c1-2-11-9-15(20)10-12-7-8-18(17(21)16(11)12)13-3-5-14(19)6-4-13/h2-10,19-20H,1H2. The molecule has 0 aliphatic heterocycles.